The van der Waals surface area contributed by atoms with Crippen molar-refractivity contribution in [1.82, 2.24) is 5.32 Å². The molecule has 0 aromatic rings. The van der Waals surface area contributed by atoms with Gasteiger partial charge < -0.3 is 5.32 Å². The first-order chi connectivity index (χ1) is 5.43. The van der Waals surface area contributed by atoms with Gasteiger partial charge in [0.25, 0.3) is 0 Å². The maximum atomic E-state index is 3.50. The number of hydrogen-bond donors (Lipinski definition) is 1. The van der Waals surface area contributed by atoms with Crippen molar-refractivity contribution in [2.24, 2.45) is 5.41 Å². The molecular weight excluding hydrogens is 146 g/mol. The summed E-state index contributed by atoms with van der Waals surface area (Å²) in [5, 5.41) is 3.50. The van der Waals surface area contributed by atoms with Crippen molar-refractivity contribution in [3.63, 3.8) is 0 Å². The van der Waals surface area contributed by atoms with Crippen LogP contribution >= 0.6 is 0 Å². The molecule has 1 heterocycles. The minimum Gasteiger partial charge on any atom is -0.376 e. The Bertz CT molecular complexity index is 192. The molecule has 0 bridgehead atoms. The first-order valence-electron chi connectivity index (χ1n) is 4.95. The highest BCUT2D eigenvalue weighted by atomic mass is 15.2. The van der Waals surface area contributed by atoms with Crippen LogP contribution in [0.25, 0.3) is 0 Å². The van der Waals surface area contributed by atoms with Gasteiger partial charge in [0.1, 0.15) is 0 Å². The largest absolute Gasteiger partial charge is 0.376 e. The summed E-state index contributed by atoms with van der Waals surface area (Å²) in [4.78, 5) is 0. The van der Waals surface area contributed by atoms with Crippen molar-refractivity contribution in [3.05, 3.63) is 11.8 Å². The van der Waals surface area contributed by atoms with Crippen molar-refractivity contribution in [3.8, 4) is 0 Å². The van der Waals surface area contributed by atoms with Crippen LogP contribution < -0.4 is 5.32 Å². The molecule has 1 fully saturated rings. The van der Waals surface area contributed by atoms with Gasteiger partial charge in [0.15, 0.2) is 0 Å². The lowest BCUT2D eigenvalue weighted by Gasteiger charge is -2.11. The smallest absolute Gasteiger partial charge is 0.0760 e. The van der Waals surface area contributed by atoms with Crippen LogP contribution in [0.3, 0.4) is 0 Å². The van der Waals surface area contributed by atoms with Crippen LogP contribution in [0.5, 0.6) is 0 Å². The molecule has 1 nitrogen and oxygen atoms in total. The van der Waals surface area contributed by atoms with Crippen molar-refractivity contribution < 1.29 is 0 Å². The second-order valence-corrected chi connectivity index (χ2v) is 4.84. The first kappa shape index (κ1) is 9.63. The van der Waals surface area contributed by atoms with Crippen LogP contribution in [0.15, 0.2) is 11.8 Å². The Morgan fingerprint density at radius 1 is 1.25 bits per heavy atom. The zero-order valence-corrected chi connectivity index (χ0v) is 8.99. The van der Waals surface area contributed by atoms with Crippen LogP contribution in [-0.2, 0) is 0 Å². The molecule has 1 aliphatic heterocycles. The summed E-state index contributed by atoms with van der Waals surface area (Å²) in [5.74, 6) is 0. The SMILES string of the molecule is CCC1(CC)N/C1=C\C(C)(C)C. The molecule has 0 amide bonds. The highest BCUT2D eigenvalue weighted by Crippen LogP contribution is 2.39. The fourth-order valence-corrected chi connectivity index (χ4v) is 1.64. The molecular formula is C11H21N. The van der Waals surface area contributed by atoms with Gasteiger partial charge >= 0.3 is 0 Å². The van der Waals surface area contributed by atoms with E-state index in [1.807, 2.05) is 0 Å². The lowest BCUT2D eigenvalue weighted by Crippen LogP contribution is -2.11. The van der Waals surface area contributed by atoms with E-state index < -0.39 is 0 Å². The highest BCUT2D eigenvalue weighted by molar-refractivity contribution is 5.36. The van der Waals surface area contributed by atoms with Gasteiger partial charge in [-0.05, 0) is 18.3 Å². The average molecular weight is 167 g/mol. The van der Waals surface area contributed by atoms with Gasteiger partial charge in [0.2, 0.25) is 0 Å². The number of rotatable bonds is 2. The monoisotopic (exact) mass is 167 g/mol. The predicted octanol–water partition coefficient (Wildman–Crippen LogP) is 3.08. The Labute approximate surface area is 76.2 Å². The van der Waals surface area contributed by atoms with E-state index in [2.05, 4.69) is 46.0 Å². The molecule has 1 heteroatoms. The van der Waals surface area contributed by atoms with E-state index in [9.17, 15) is 0 Å². The molecule has 1 rings (SSSR count). The first-order valence-corrected chi connectivity index (χ1v) is 4.95. The summed E-state index contributed by atoms with van der Waals surface area (Å²) < 4.78 is 0. The molecule has 0 saturated carbocycles. The fourth-order valence-electron chi connectivity index (χ4n) is 1.64. The van der Waals surface area contributed by atoms with E-state index in [1.165, 1.54) is 18.5 Å². The van der Waals surface area contributed by atoms with E-state index in [0.29, 0.717) is 11.0 Å². The summed E-state index contributed by atoms with van der Waals surface area (Å²) in [6, 6.07) is 0. The van der Waals surface area contributed by atoms with Crippen LogP contribution in [0.1, 0.15) is 47.5 Å². The number of allylic oxidation sites excluding steroid dienone is 1. The van der Waals surface area contributed by atoms with Gasteiger partial charge in [0.05, 0.1) is 5.54 Å². The molecule has 0 aliphatic carbocycles. The van der Waals surface area contributed by atoms with Crippen molar-refractivity contribution >= 4 is 0 Å². The predicted molar refractivity (Wildman–Crippen MR) is 54.0 cm³/mol. The Morgan fingerprint density at radius 3 is 2.00 bits per heavy atom. The minimum absolute atomic E-state index is 0.314. The van der Waals surface area contributed by atoms with E-state index in [0.717, 1.165) is 0 Å². The standard InChI is InChI=1S/C11H21N/c1-6-11(7-2)9(12-11)8-10(3,4)5/h8,12H,6-7H2,1-5H3/b9-8-. The molecule has 0 spiro atoms. The third kappa shape index (κ3) is 1.82. The van der Waals surface area contributed by atoms with Gasteiger partial charge in [0, 0.05) is 5.70 Å². The normalized spacial score (nSPS) is 23.9. The molecule has 1 saturated heterocycles. The second kappa shape index (κ2) is 2.79. The summed E-state index contributed by atoms with van der Waals surface area (Å²) >= 11 is 0. The van der Waals surface area contributed by atoms with Crippen molar-refractivity contribution in [1.29, 1.82) is 0 Å². The topological polar surface area (TPSA) is 21.9 Å². The van der Waals surface area contributed by atoms with Crippen molar-refractivity contribution in [2.75, 3.05) is 0 Å². The minimum atomic E-state index is 0.314. The summed E-state index contributed by atoms with van der Waals surface area (Å²) in [6.45, 7) is 11.2. The molecule has 1 N–H and O–H groups in total. The van der Waals surface area contributed by atoms with Crippen LogP contribution in [0.4, 0.5) is 0 Å². The van der Waals surface area contributed by atoms with Gasteiger partial charge in [-0.1, -0.05) is 40.7 Å². The molecule has 0 atom stereocenters. The van der Waals surface area contributed by atoms with Crippen molar-refractivity contribution in [2.45, 2.75) is 53.0 Å². The van der Waals surface area contributed by atoms with E-state index in [4.69, 9.17) is 0 Å². The summed E-state index contributed by atoms with van der Waals surface area (Å²) in [6.07, 6.45) is 4.79. The van der Waals surface area contributed by atoms with Crippen LogP contribution in [0, 0.1) is 5.41 Å². The molecule has 0 aromatic carbocycles. The molecule has 70 valence electrons. The van der Waals surface area contributed by atoms with Gasteiger partial charge in [-0.2, -0.15) is 0 Å². The van der Waals surface area contributed by atoms with Gasteiger partial charge in [-0.3, -0.25) is 0 Å². The zero-order chi connectivity index (χ0) is 9.41. The highest BCUT2D eigenvalue weighted by Gasteiger charge is 2.45. The van der Waals surface area contributed by atoms with Crippen LogP contribution in [0.2, 0.25) is 0 Å². The molecule has 0 radical (unpaired) electrons. The maximum absolute atomic E-state index is 3.50. The third-order valence-electron chi connectivity index (χ3n) is 2.61. The molecule has 0 aromatic heterocycles. The Kier molecular flexibility index (Phi) is 2.24. The zero-order valence-electron chi connectivity index (χ0n) is 8.99. The van der Waals surface area contributed by atoms with E-state index >= 15 is 0 Å². The lowest BCUT2D eigenvalue weighted by atomic mass is 9.92. The summed E-state index contributed by atoms with van der Waals surface area (Å²) in [5.41, 5.74) is 2.14. The molecule has 1 aliphatic rings. The average Bonchev–Trinajstić information content (AvgIpc) is 2.60. The number of hydrogen-bond acceptors (Lipinski definition) is 1. The molecule has 0 unspecified atom stereocenters. The lowest BCUT2D eigenvalue weighted by molar-refractivity contribution is 0.536. The van der Waals surface area contributed by atoms with Gasteiger partial charge in [-0.15, -0.1) is 0 Å². The van der Waals surface area contributed by atoms with Gasteiger partial charge in [-0.25, -0.2) is 0 Å². The Hall–Kier alpha value is -0.460. The second-order valence-electron chi connectivity index (χ2n) is 4.84. The maximum Gasteiger partial charge on any atom is 0.0760 e. The molecule has 12 heavy (non-hydrogen) atoms. The summed E-state index contributed by atoms with van der Waals surface area (Å²) in [7, 11) is 0. The Morgan fingerprint density at radius 2 is 1.75 bits per heavy atom. The fraction of sp³-hybridized carbons (Fsp3) is 0.818. The van der Waals surface area contributed by atoms with E-state index in [1.54, 1.807) is 0 Å². The number of nitrogens with one attached hydrogen (secondary N) is 1. The van der Waals surface area contributed by atoms with Crippen LogP contribution in [-0.4, -0.2) is 5.54 Å². The third-order valence-corrected chi connectivity index (χ3v) is 2.61. The van der Waals surface area contributed by atoms with E-state index in [-0.39, 0.29) is 0 Å². The Balaban J connectivity index is 2.67. The quantitative estimate of drug-likeness (QED) is 0.627.